The van der Waals surface area contributed by atoms with Crippen molar-refractivity contribution in [2.45, 2.75) is 12.5 Å². The zero-order valence-corrected chi connectivity index (χ0v) is 12.0. The molecule has 3 aromatic rings. The van der Waals surface area contributed by atoms with Gasteiger partial charge in [-0.2, -0.15) is 9.61 Å². The SMILES string of the molecule is N[C@H]1CCN(c2cc(-c3ccccc3F)nc3ccnn23)C1. The van der Waals surface area contributed by atoms with Crippen LogP contribution in [-0.4, -0.2) is 33.7 Å². The molecule has 1 saturated heterocycles. The van der Waals surface area contributed by atoms with Gasteiger partial charge in [-0.1, -0.05) is 12.1 Å². The van der Waals surface area contributed by atoms with E-state index < -0.39 is 0 Å². The van der Waals surface area contributed by atoms with Gasteiger partial charge in [0.15, 0.2) is 5.65 Å². The Balaban J connectivity index is 1.89. The van der Waals surface area contributed by atoms with E-state index in [1.807, 2.05) is 18.2 Å². The first-order valence-electron chi connectivity index (χ1n) is 7.32. The van der Waals surface area contributed by atoms with Gasteiger partial charge >= 0.3 is 0 Å². The van der Waals surface area contributed by atoms with E-state index in [0.29, 0.717) is 16.9 Å². The Kier molecular flexibility index (Phi) is 3.04. The summed E-state index contributed by atoms with van der Waals surface area (Å²) in [6.07, 6.45) is 2.65. The molecular weight excluding hydrogens is 281 g/mol. The van der Waals surface area contributed by atoms with Crippen LogP contribution in [-0.2, 0) is 0 Å². The molecule has 3 heterocycles. The van der Waals surface area contributed by atoms with E-state index in [2.05, 4.69) is 15.0 Å². The van der Waals surface area contributed by atoms with Gasteiger partial charge in [-0.15, -0.1) is 0 Å². The van der Waals surface area contributed by atoms with Crippen LogP contribution in [0.4, 0.5) is 10.2 Å². The molecule has 0 unspecified atom stereocenters. The number of anilines is 1. The van der Waals surface area contributed by atoms with Gasteiger partial charge in [0.05, 0.1) is 11.9 Å². The van der Waals surface area contributed by atoms with Crippen molar-refractivity contribution in [1.82, 2.24) is 14.6 Å². The lowest BCUT2D eigenvalue weighted by molar-refractivity contribution is 0.630. The molecule has 4 rings (SSSR count). The van der Waals surface area contributed by atoms with E-state index in [9.17, 15) is 4.39 Å². The second-order valence-corrected chi connectivity index (χ2v) is 5.58. The third-order valence-electron chi connectivity index (χ3n) is 4.04. The zero-order valence-electron chi connectivity index (χ0n) is 12.0. The van der Waals surface area contributed by atoms with Crippen molar-refractivity contribution < 1.29 is 4.39 Å². The van der Waals surface area contributed by atoms with Gasteiger partial charge in [-0.25, -0.2) is 9.37 Å². The van der Waals surface area contributed by atoms with Gasteiger partial charge in [-0.3, -0.25) is 0 Å². The standard InChI is InChI=1S/C16H16FN5/c17-13-4-2-1-3-12(13)14-9-16(21-8-6-11(18)10-21)22-15(20-14)5-7-19-22/h1-5,7,9,11H,6,8,10,18H2/t11-/m0/s1. The highest BCUT2D eigenvalue weighted by atomic mass is 19.1. The first-order chi connectivity index (χ1) is 10.7. The van der Waals surface area contributed by atoms with Crippen LogP contribution >= 0.6 is 0 Å². The van der Waals surface area contributed by atoms with Gasteiger partial charge in [0, 0.05) is 36.8 Å². The molecule has 22 heavy (non-hydrogen) atoms. The third-order valence-corrected chi connectivity index (χ3v) is 4.04. The van der Waals surface area contributed by atoms with Crippen LogP contribution in [0.5, 0.6) is 0 Å². The number of nitrogens with zero attached hydrogens (tertiary/aromatic N) is 4. The summed E-state index contributed by atoms with van der Waals surface area (Å²) >= 11 is 0. The molecule has 0 bridgehead atoms. The van der Waals surface area contributed by atoms with Crippen molar-refractivity contribution >= 4 is 11.5 Å². The maximum Gasteiger partial charge on any atom is 0.157 e. The predicted octanol–water partition coefficient (Wildman–Crippen LogP) is 2.07. The Bertz CT molecular complexity index is 828. The maximum atomic E-state index is 14.1. The highest BCUT2D eigenvalue weighted by Gasteiger charge is 2.23. The number of hydrogen-bond acceptors (Lipinski definition) is 4. The lowest BCUT2D eigenvalue weighted by Crippen LogP contribution is -2.27. The zero-order chi connectivity index (χ0) is 15.1. The Morgan fingerprint density at radius 3 is 2.86 bits per heavy atom. The van der Waals surface area contributed by atoms with Gasteiger partial charge < -0.3 is 10.6 Å². The monoisotopic (exact) mass is 297 g/mol. The smallest absolute Gasteiger partial charge is 0.157 e. The van der Waals surface area contributed by atoms with E-state index in [1.54, 1.807) is 22.8 Å². The average Bonchev–Trinajstić information content (AvgIpc) is 3.15. The summed E-state index contributed by atoms with van der Waals surface area (Å²) in [5.74, 6) is 0.629. The van der Waals surface area contributed by atoms with Gasteiger partial charge in [-0.05, 0) is 18.6 Å². The molecule has 0 aliphatic carbocycles. The lowest BCUT2D eigenvalue weighted by Gasteiger charge is -2.19. The highest BCUT2D eigenvalue weighted by molar-refractivity contribution is 5.67. The van der Waals surface area contributed by atoms with Crippen LogP contribution in [0.25, 0.3) is 16.9 Å². The topological polar surface area (TPSA) is 59.5 Å². The molecule has 6 heteroatoms. The molecule has 1 atom stereocenters. The number of nitrogens with two attached hydrogens (primary N) is 1. The number of hydrogen-bond donors (Lipinski definition) is 1. The molecule has 1 aliphatic rings. The second kappa shape index (κ2) is 5.06. The average molecular weight is 297 g/mol. The number of halogens is 1. The molecule has 0 amide bonds. The molecule has 0 saturated carbocycles. The molecule has 0 radical (unpaired) electrons. The minimum absolute atomic E-state index is 0.163. The summed E-state index contributed by atoms with van der Waals surface area (Å²) in [4.78, 5) is 6.70. The molecule has 112 valence electrons. The summed E-state index contributed by atoms with van der Waals surface area (Å²) in [6.45, 7) is 1.65. The summed E-state index contributed by atoms with van der Waals surface area (Å²) in [5, 5.41) is 4.32. The molecule has 0 spiro atoms. The predicted molar refractivity (Wildman–Crippen MR) is 83.2 cm³/mol. The maximum absolute atomic E-state index is 14.1. The van der Waals surface area contributed by atoms with Gasteiger partial charge in [0.25, 0.3) is 0 Å². The van der Waals surface area contributed by atoms with Crippen LogP contribution in [0, 0.1) is 5.82 Å². The van der Waals surface area contributed by atoms with Crippen LogP contribution in [0.3, 0.4) is 0 Å². The Hall–Kier alpha value is -2.47. The molecule has 1 fully saturated rings. The van der Waals surface area contributed by atoms with Crippen molar-refractivity contribution in [2.75, 3.05) is 18.0 Å². The Labute approximate surface area is 127 Å². The van der Waals surface area contributed by atoms with Gasteiger partial charge in [0.2, 0.25) is 0 Å². The molecule has 5 nitrogen and oxygen atoms in total. The first kappa shape index (κ1) is 13.2. The quantitative estimate of drug-likeness (QED) is 0.786. The number of aromatic nitrogens is 3. The van der Waals surface area contributed by atoms with Crippen LogP contribution in [0.1, 0.15) is 6.42 Å². The lowest BCUT2D eigenvalue weighted by atomic mass is 10.1. The minimum atomic E-state index is -0.275. The first-order valence-corrected chi connectivity index (χ1v) is 7.32. The number of fused-ring (bicyclic) bond motifs is 1. The summed E-state index contributed by atoms with van der Waals surface area (Å²) < 4.78 is 15.9. The Morgan fingerprint density at radius 1 is 1.23 bits per heavy atom. The van der Waals surface area contributed by atoms with E-state index in [4.69, 9.17) is 5.73 Å². The van der Waals surface area contributed by atoms with E-state index in [0.717, 1.165) is 25.3 Å². The Morgan fingerprint density at radius 2 is 2.09 bits per heavy atom. The van der Waals surface area contributed by atoms with E-state index in [-0.39, 0.29) is 11.9 Å². The second-order valence-electron chi connectivity index (χ2n) is 5.58. The fraction of sp³-hybridized carbons (Fsp3) is 0.250. The fourth-order valence-electron chi connectivity index (χ4n) is 2.92. The minimum Gasteiger partial charge on any atom is -0.355 e. The van der Waals surface area contributed by atoms with Gasteiger partial charge in [0.1, 0.15) is 11.6 Å². The molecule has 2 N–H and O–H groups in total. The van der Waals surface area contributed by atoms with E-state index >= 15 is 0 Å². The van der Waals surface area contributed by atoms with Crippen LogP contribution in [0.15, 0.2) is 42.6 Å². The fourth-order valence-corrected chi connectivity index (χ4v) is 2.92. The normalized spacial score (nSPS) is 18.3. The van der Waals surface area contributed by atoms with Crippen molar-refractivity contribution in [1.29, 1.82) is 0 Å². The van der Waals surface area contributed by atoms with Crippen LogP contribution in [0.2, 0.25) is 0 Å². The third kappa shape index (κ3) is 2.12. The van der Waals surface area contributed by atoms with Crippen molar-refractivity contribution in [3.63, 3.8) is 0 Å². The van der Waals surface area contributed by atoms with Crippen molar-refractivity contribution in [2.24, 2.45) is 5.73 Å². The highest BCUT2D eigenvalue weighted by Crippen LogP contribution is 2.27. The van der Waals surface area contributed by atoms with Crippen molar-refractivity contribution in [3.8, 4) is 11.3 Å². The summed E-state index contributed by atoms with van der Waals surface area (Å²) in [6, 6.07) is 10.5. The summed E-state index contributed by atoms with van der Waals surface area (Å²) in [5.41, 5.74) is 7.82. The summed E-state index contributed by atoms with van der Waals surface area (Å²) in [7, 11) is 0. The number of rotatable bonds is 2. The molecule has 1 aliphatic heterocycles. The molecular formula is C16H16FN5. The number of benzene rings is 1. The largest absolute Gasteiger partial charge is 0.355 e. The molecule has 2 aromatic heterocycles. The molecule has 1 aromatic carbocycles. The van der Waals surface area contributed by atoms with Crippen LogP contribution < -0.4 is 10.6 Å². The van der Waals surface area contributed by atoms with E-state index in [1.165, 1.54) is 6.07 Å². The van der Waals surface area contributed by atoms with Crippen molar-refractivity contribution in [3.05, 3.63) is 48.4 Å².